The Hall–Kier alpha value is -7.16. The van der Waals surface area contributed by atoms with Crippen LogP contribution < -0.4 is 36.6 Å². The minimum absolute atomic E-state index is 0.0000449. The number of ether oxygens (including phenoxy) is 1. The molecule has 85 heavy (non-hydrogen) atoms. The third-order valence-electron chi connectivity index (χ3n) is 15.5. The Bertz CT molecular complexity index is 3060. The molecule has 7 rings (SSSR count). The van der Waals surface area contributed by atoms with Crippen LogP contribution >= 0.6 is 7.37 Å². The van der Waals surface area contributed by atoms with Crippen LogP contribution in [-0.4, -0.2) is 202 Å². The van der Waals surface area contributed by atoms with Crippen molar-refractivity contribution in [3.63, 3.8) is 0 Å². The summed E-state index contributed by atoms with van der Waals surface area (Å²) in [6.45, 7) is 6.44. The normalized spacial score (nSPS) is 27.8. The number of fused-ring (bicyclic) bond motifs is 2. The molecule has 3 saturated heterocycles. The maximum absolute atomic E-state index is 14.5. The molecule has 4 aromatic rings. The van der Waals surface area contributed by atoms with Crippen molar-refractivity contribution in [1.82, 2.24) is 36.4 Å². The third-order valence-corrected chi connectivity index (χ3v) is 16.8. The first-order valence-electron chi connectivity index (χ1n) is 28.1. The molecule has 14 N–H and O–H groups in total. The van der Waals surface area contributed by atoms with Gasteiger partial charge in [0, 0.05) is 49.4 Å². The number of aliphatic hydroxyl groups is 8. The molecule has 7 amide bonds. The van der Waals surface area contributed by atoms with Crippen LogP contribution in [0.4, 0.5) is 0 Å². The summed E-state index contributed by atoms with van der Waals surface area (Å²) in [5, 5.41) is 102. The molecule has 0 aliphatic carbocycles. The number of aliphatic hydroxyl groups excluding tert-OH is 8. The van der Waals surface area contributed by atoms with Crippen molar-refractivity contribution in [1.29, 1.82) is 0 Å². The van der Waals surface area contributed by atoms with Crippen molar-refractivity contribution < 1.29 is 88.6 Å². The van der Waals surface area contributed by atoms with Gasteiger partial charge in [-0.05, 0) is 84.5 Å². The largest absolute Gasteiger partial charge is 0.494 e. The lowest BCUT2D eigenvalue weighted by Crippen LogP contribution is -2.64. The molecule has 0 saturated carbocycles. The number of unbranched alkanes of at least 4 members (excludes halogenated alkanes) is 2. The van der Waals surface area contributed by atoms with E-state index in [2.05, 4.69) is 33.5 Å². The summed E-state index contributed by atoms with van der Waals surface area (Å²) in [7, 11) is -3.81. The lowest BCUT2D eigenvalue weighted by molar-refractivity contribution is -0.148. The minimum Gasteiger partial charge on any atom is -0.494 e. The molecule has 0 aromatic heterocycles. The number of carbonyl (C=O) groups excluding carboxylic acids is 7. The number of amides is 7. The lowest BCUT2D eigenvalue weighted by atomic mass is 9.97. The molecule has 3 fully saturated rings. The molecule has 1 unspecified atom stereocenters. The second-order valence-electron chi connectivity index (χ2n) is 22.2. The predicted octanol–water partition coefficient (Wildman–Crippen LogP) is -1.11. The van der Waals surface area contributed by atoms with E-state index < -0.39 is 166 Å². The van der Waals surface area contributed by atoms with E-state index in [1.807, 2.05) is 48.5 Å². The highest BCUT2D eigenvalue weighted by Crippen LogP contribution is 2.35. The number of nitrogens with one attached hydrogen (secondary N) is 5. The highest BCUT2D eigenvalue weighted by molar-refractivity contribution is 7.65. The van der Waals surface area contributed by atoms with Gasteiger partial charge in [-0.25, -0.2) is 0 Å². The van der Waals surface area contributed by atoms with E-state index in [9.17, 15) is 83.9 Å². The van der Waals surface area contributed by atoms with Gasteiger partial charge in [-0.15, -0.1) is 0 Å². The number of nitrogens with zero attached hydrogens (tertiary/aromatic N) is 2. The number of hydrogen-bond donors (Lipinski definition) is 14. The Kier molecular flexibility index (Phi) is 21.8. The Morgan fingerprint density at radius 2 is 1.18 bits per heavy atom. The van der Waals surface area contributed by atoms with Crippen molar-refractivity contribution in [3.8, 4) is 28.0 Å². The van der Waals surface area contributed by atoms with Gasteiger partial charge in [-0.3, -0.25) is 38.1 Å². The fourth-order valence-corrected chi connectivity index (χ4v) is 11.2. The third kappa shape index (κ3) is 15.8. The maximum Gasteiger partial charge on any atom is 0.251 e. The van der Waals surface area contributed by atoms with Crippen LogP contribution in [0.5, 0.6) is 5.75 Å². The maximum atomic E-state index is 14.5. The van der Waals surface area contributed by atoms with Crippen molar-refractivity contribution in [2.45, 2.75) is 145 Å². The number of carbonyl (C=O) groups is 7. The number of benzene rings is 4. The first-order valence-corrected chi connectivity index (χ1v) is 30.2. The monoisotopic (exact) mass is 1200 g/mol. The van der Waals surface area contributed by atoms with Crippen LogP contribution in [0.15, 0.2) is 97.1 Å². The first kappa shape index (κ1) is 65.4. The van der Waals surface area contributed by atoms with Crippen LogP contribution in [-0.2, 0) is 33.3 Å². The molecule has 4 aromatic carbocycles. The second-order valence-corrected chi connectivity index (χ2v) is 24.4. The van der Waals surface area contributed by atoms with E-state index in [1.54, 1.807) is 12.1 Å². The van der Waals surface area contributed by atoms with Gasteiger partial charge in [0.05, 0.1) is 31.0 Å². The van der Waals surface area contributed by atoms with Crippen LogP contribution in [0.3, 0.4) is 0 Å². The van der Waals surface area contributed by atoms with E-state index >= 15 is 0 Å². The summed E-state index contributed by atoms with van der Waals surface area (Å²) in [6, 6.07) is 14.5. The predicted molar refractivity (Wildman–Crippen MR) is 307 cm³/mol. The zero-order valence-electron chi connectivity index (χ0n) is 47.6. The topological polar surface area (TPSA) is 394 Å². The van der Waals surface area contributed by atoms with E-state index in [0.29, 0.717) is 12.2 Å². The fourth-order valence-electron chi connectivity index (χ4n) is 10.5. The van der Waals surface area contributed by atoms with Crippen LogP contribution in [0.1, 0.15) is 81.8 Å². The van der Waals surface area contributed by atoms with Crippen LogP contribution in [0, 0.1) is 5.92 Å². The Morgan fingerprint density at radius 1 is 0.659 bits per heavy atom. The molecule has 3 heterocycles. The number of hydrogen-bond acceptors (Lipinski definition) is 17. The van der Waals surface area contributed by atoms with Crippen molar-refractivity contribution >= 4 is 54.0 Å². The van der Waals surface area contributed by atoms with Gasteiger partial charge < -0.3 is 86.9 Å². The standard InChI is InChI=1S/C59H76N7O18P/c1-6-7-8-25-84-40-21-17-36(18-22-40)34-11-9-33(10-12-34)35-13-15-38(16-14-35)52(74)60-42-27-44(70)55(77)64-57(79)48-49(71)30(2)28-66(48)59(81)46(32(4)68)62-56(78)47(51(73)50(72)37-19-23-41(24-20-37)85(5,82)83)63-54(76)43-26-39(69)29-65(43)58(80)45(31(3)67)61-53(42)75/h9-24,30-32,39,42-51,55,67-73,77H,6-8,25-29H2,1-5H3,(H,60,74)(H,61,75)(H,62,78)(H,63,76)(H,64,79)(H,82,83)/t30-,31+,32+,39+,42-,43-,44+,45-,46-,47-,48-,49-,50-,51-,55+/m0/s1. The average Bonchev–Trinajstić information content (AvgIpc) is 2.86. The van der Waals surface area contributed by atoms with E-state index in [4.69, 9.17) is 4.74 Å². The molecular formula is C59H76N7O18P. The summed E-state index contributed by atoms with van der Waals surface area (Å²) < 4.78 is 18.2. The highest BCUT2D eigenvalue weighted by atomic mass is 31.2. The zero-order chi connectivity index (χ0) is 62.2. The van der Waals surface area contributed by atoms with Gasteiger partial charge >= 0.3 is 0 Å². The minimum atomic E-state index is -3.81. The summed E-state index contributed by atoms with van der Waals surface area (Å²) in [6.07, 6.45) is -13.9. The van der Waals surface area contributed by atoms with Crippen LogP contribution in [0.2, 0.25) is 0 Å². The molecule has 0 bridgehead atoms. The fraction of sp³-hybridized carbons (Fsp3) is 0.475. The summed E-state index contributed by atoms with van der Waals surface area (Å²) >= 11 is 0. The molecule has 3 aliphatic rings. The zero-order valence-corrected chi connectivity index (χ0v) is 48.5. The second kappa shape index (κ2) is 28.4. The molecule has 460 valence electrons. The molecule has 26 heteroatoms. The van der Waals surface area contributed by atoms with Crippen molar-refractivity contribution in [2.75, 3.05) is 26.4 Å². The molecule has 25 nitrogen and oxygen atoms in total. The van der Waals surface area contributed by atoms with Gasteiger partial charge in [0.1, 0.15) is 60.3 Å². The van der Waals surface area contributed by atoms with Crippen molar-refractivity contribution in [3.05, 3.63) is 108 Å². The number of rotatable bonds is 15. The summed E-state index contributed by atoms with van der Waals surface area (Å²) in [4.78, 5) is 112. The summed E-state index contributed by atoms with van der Waals surface area (Å²) in [5.74, 6) is -8.62. The smallest absolute Gasteiger partial charge is 0.251 e. The average molecular weight is 1200 g/mol. The van der Waals surface area contributed by atoms with E-state index in [-0.39, 0.29) is 16.4 Å². The van der Waals surface area contributed by atoms with Gasteiger partial charge in [-0.1, -0.05) is 87.4 Å². The molecule has 0 radical (unpaired) electrons. The lowest BCUT2D eigenvalue weighted by Gasteiger charge is -2.34. The Balaban J connectivity index is 1.18. The highest BCUT2D eigenvalue weighted by Gasteiger charge is 2.50. The van der Waals surface area contributed by atoms with Gasteiger partial charge in [0.15, 0.2) is 6.23 Å². The quantitative estimate of drug-likeness (QED) is 0.0496. The first-order chi connectivity index (χ1) is 40.2. The SMILES string of the molecule is CCCCCOc1ccc(-c2ccc(-c3ccc(C(=O)N[C@H]4C[C@@H](O)[C@@H](O)NC(=O)[C@@H]5[C@@H](O)[C@@H](C)CN5C(=O)[C@H]([C@@H](C)O)NC(=O)[C@H]([C@H](O)[C@@H](O)c5ccc(P(C)(=O)O)cc5)NC(=O)[C@@H]5C[C@@H](O)CN5C(=O)[C@H]([C@@H](C)O)NC4=O)cc3)cc2)cc1. The molecular weight excluding hydrogens is 1130 g/mol. The van der Waals surface area contributed by atoms with Gasteiger partial charge in [0.2, 0.25) is 42.8 Å². The molecule has 16 atom stereocenters. The van der Waals surface area contributed by atoms with Gasteiger partial charge in [0.25, 0.3) is 5.91 Å². The Labute approximate surface area is 490 Å². The van der Waals surface area contributed by atoms with E-state index in [1.165, 1.54) is 31.2 Å². The molecule has 0 spiro atoms. The van der Waals surface area contributed by atoms with Crippen LogP contribution in [0.25, 0.3) is 22.3 Å². The van der Waals surface area contributed by atoms with Gasteiger partial charge in [-0.2, -0.15) is 0 Å². The Morgan fingerprint density at radius 3 is 1.72 bits per heavy atom. The summed E-state index contributed by atoms with van der Waals surface area (Å²) in [5.41, 5.74) is 3.27. The van der Waals surface area contributed by atoms with Crippen molar-refractivity contribution in [2.24, 2.45) is 5.92 Å². The molecule has 3 aliphatic heterocycles. The van der Waals surface area contributed by atoms with E-state index in [0.717, 1.165) is 84.1 Å².